The van der Waals surface area contributed by atoms with Crippen molar-refractivity contribution in [2.24, 2.45) is 5.92 Å². The quantitative estimate of drug-likeness (QED) is 0.849. The molecule has 1 aromatic carbocycles. The molecule has 0 aliphatic carbocycles. The number of benzene rings is 1. The minimum Gasteiger partial charge on any atom is -0.313 e. The summed E-state index contributed by atoms with van der Waals surface area (Å²) in [7, 11) is 2.09. The molecule has 2 unspecified atom stereocenters. The van der Waals surface area contributed by atoms with Gasteiger partial charge in [0.1, 0.15) is 0 Å². The second-order valence-electron chi connectivity index (χ2n) is 6.20. The molecular weight excluding hydrogens is 244 g/mol. The zero-order valence-electron chi connectivity index (χ0n) is 13.4. The zero-order valence-corrected chi connectivity index (χ0v) is 13.4. The van der Waals surface area contributed by atoms with Crippen LogP contribution in [0.1, 0.15) is 49.8 Å². The van der Waals surface area contributed by atoms with Crippen molar-refractivity contribution in [1.29, 1.82) is 0 Å². The molecule has 2 heteroatoms. The van der Waals surface area contributed by atoms with E-state index < -0.39 is 0 Å². The number of piperidine rings is 1. The Morgan fingerprint density at radius 1 is 1.35 bits per heavy atom. The normalized spacial score (nSPS) is 21.9. The third-order valence-corrected chi connectivity index (χ3v) is 4.83. The van der Waals surface area contributed by atoms with Crippen LogP contribution in [-0.4, -0.2) is 31.6 Å². The van der Waals surface area contributed by atoms with Gasteiger partial charge >= 0.3 is 0 Å². The maximum atomic E-state index is 3.50. The van der Waals surface area contributed by atoms with Gasteiger partial charge in [-0.15, -0.1) is 0 Å². The predicted octanol–water partition coefficient (Wildman–Crippen LogP) is 3.77. The van der Waals surface area contributed by atoms with Gasteiger partial charge in [-0.3, -0.25) is 0 Å². The first-order valence-electron chi connectivity index (χ1n) is 8.19. The number of hydrogen-bond donors (Lipinski definition) is 1. The van der Waals surface area contributed by atoms with Gasteiger partial charge in [0.2, 0.25) is 0 Å². The lowest BCUT2D eigenvalue weighted by molar-refractivity contribution is 0.165. The van der Waals surface area contributed by atoms with E-state index in [0.717, 1.165) is 5.92 Å². The molecule has 20 heavy (non-hydrogen) atoms. The number of hydrogen-bond acceptors (Lipinski definition) is 2. The van der Waals surface area contributed by atoms with Crippen LogP contribution in [-0.2, 0) is 0 Å². The fourth-order valence-electron chi connectivity index (χ4n) is 3.43. The van der Waals surface area contributed by atoms with Crippen LogP contribution in [0.3, 0.4) is 0 Å². The summed E-state index contributed by atoms with van der Waals surface area (Å²) in [6, 6.07) is 9.25. The Hall–Kier alpha value is -0.860. The minimum absolute atomic E-state index is 0.484. The standard InChI is InChI=1S/C18H30N2/c1-4-16-9-7-12-20(14-16)13-11-18(19-3)17-10-6-5-8-15(17)2/h5-6,8,10,16,18-19H,4,7,9,11-14H2,1-3H3. The van der Waals surface area contributed by atoms with Gasteiger partial charge in [-0.25, -0.2) is 0 Å². The highest BCUT2D eigenvalue weighted by Crippen LogP contribution is 2.23. The largest absolute Gasteiger partial charge is 0.313 e. The third-order valence-electron chi connectivity index (χ3n) is 4.83. The molecule has 1 fully saturated rings. The number of nitrogens with one attached hydrogen (secondary N) is 1. The number of aryl methyl sites for hydroxylation is 1. The van der Waals surface area contributed by atoms with Gasteiger partial charge in [0.25, 0.3) is 0 Å². The average Bonchev–Trinajstić information content (AvgIpc) is 2.49. The van der Waals surface area contributed by atoms with E-state index in [1.165, 1.54) is 56.4 Å². The number of nitrogens with zero attached hydrogens (tertiary/aromatic N) is 1. The number of rotatable bonds is 6. The minimum atomic E-state index is 0.484. The van der Waals surface area contributed by atoms with Crippen molar-refractivity contribution >= 4 is 0 Å². The average molecular weight is 274 g/mol. The Labute approximate surface area is 124 Å². The molecule has 1 aliphatic rings. The summed E-state index contributed by atoms with van der Waals surface area (Å²) in [4.78, 5) is 2.67. The molecule has 2 atom stereocenters. The van der Waals surface area contributed by atoms with Crippen LogP contribution in [0.4, 0.5) is 0 Å². The van der Waals surface area contributed by atoms with Crippen molar-refractivity contribution in [1.82, 2.24) is 10.2 Å². The van der Waals surface area contributed by atoms with Crippen LogP contribution < -0.4 is 5.32 Å². The van der Waals surface area contributed by atoms with Crippen molar-refractivity contribution in [2.45, 2.75) is 45.6 Å². The van der Waals surface area contributed by atoms with E-state index in [9.17, 15) is 0 Å². The fourth-order valence-corrected chi connectivity index (χ4v) is 3.43. The Kier molecular flexibility index (Phi) is 6.06. The maximum absolute atomic E-state index is 3.50. The Bertz CT molecular complexity index is 402. The van der Waals surface area contributed by atoms with Gasteiger partial charge in [-0.05, 0) is 63.4 Å². The van der Waals surface area contributed by atoms with E-state index in [4.69, 9.17) is 0 Å². The summed E-state index contributed by atoms with van der Waals surface area (Å²) in [5.41, 5.74) is 2.86. The number of likely N-dealkylation sites (tertiary alicyclic amines) is 1. The molecule has 1 aromatic rings. The smallest absolute Gasteiger partial charge is 0.0332 e. The molecule has 0 amide bonds. The molecular formula is C18H30N2. The SMILES string of the molecule is CCC1CCCN(CCC(NC)c2ccccc2C)C1. The summed E-state index contributed by atoms with van der Waals surface area (Å²) in [5.74, 6) is 0.926. The highest BCUT2D eigenvalue weighted by atomic mass is 15.1. The molecule has 0 saturated carbocycles. The van der Waals surface area contributed by atoms with E-state index in [2.05, 4.69) is 55.4 Å². The van der Waals surface area contributed by atoms with Gasteiger partial charge in [0.05, 0.1) is 0 Å². The molecule has 1 aliphatic heterocycles. The van der Waals surface area contributed by atoms with E-state index in [1.54, 1.807) is 0 Å². The van der Waals surface area contributed by atoms with Gasteiger partial charge < -0.3 is 10.2 Å². The molecule has 2 rings (SSSR count). The van der Waals surface area contributed by atoms with Gasteiger partial charge in [0, 0.05) is 12.6 Å². The first-order chi connectivity index (χ1) is 9.74. The molecule has 0 radical (unpaired) electrons. The van der Waals surface area contributed by atoms with Crippen LogP contribution in [0.5, 0.6) is 0 Å². The predicted molar refractivity (Wildman–Crippen MR) is 87.1 cm³/mol. The van der Waals surface area contributed by atoms with Crippen LogP contribution in [0.25, 0.3) is 0 Å². The first-order valence-corrected chi connectivity index (χ1v) is 8.19. The van der Waals surface area contributed by atoms with Crippen LogP contribution in [0.2, 0.25) is 0 Å². The Morgan fingerprint density at radius 2 is 2.15 bits per heavy atom. The van der Waals surface area contributed by atoms with Crippen molar-refractivity contribution in [3.8, 4) is 0 Å². The Morgan fingerprint density at radius 3 is 2.85 bits per heavy atom. The van der Waals surface area contributed by atoms with E-state index in [0.29, 0.717) is 6.04 Å². The van der Waals surface area contributed by atoms with Gasteiger partial charge in [-0.1, -0.05) is 37.6 Å². The molecule has 112 valence electrons. The first kappa shape index (κ1) is 15.5. The van der Waals surface area contributed by atoms with Crippen molar-refractivity contribution in [3.05, 3.63) is 35.4 Å². The summed E-state index contributed by atoms with van der Waals surface area (Å²) in [6.45, 7) is 8.36. The molecule has 0 aromatic heterocycles. The van der Waals surface area contributed by atoms with Crippen LogP contribution in [0, 0.1) is 12.8 Å². The summed E-state index contributed by atoms with van der Waals surface area (Å²) in [5, 5.41) is 3.50. The van der Waals surface area contributed by atoms with E-state index in [-0.39, 0.29) is 0 Å². The van der Waals surface area contributed by atoms with Crippen LogP contribution >= 0.6 is 0 Å². The Balaban J connectivity index is 1.89. The molecule has 0 spiro atoms. The molecule has 1 N–H and O–H groups in total. The van der Waals surface area contributed by atoms with Gasteiger partial charge in [0.15, 0.2) is 0 Å². The molecule has 1 saturated heterocycles. The zero-order chi connectivity index (χ0) is 14.4. The monoisotopic (exact) mass is 274 g/mol. The molecule has 0 bridgehead atoms. The molecule has 1 heterocycles. The lowest BCUT2D eigenvalue weighted by Gasteiger charge is -2.33. The maximum Gasteiger partial charge on any atom is 0.0332 e. The van der Waals surface area contributed by atoms with Crippen molar-refractivity contribution in [2.75, 3.05) is 26.7 Å². The van der Waals surface area contributed by atoms with Crippen molar-refractivity contribution in [3.63, 3.8) is 0 Å². The summed E-state index contributed by atoms with van der Waals surface area (Å²) < 4.78 is 0. The highest BCUT2D eigenvalue weighted by Gasteiger charge is 2.19. The van der Waals surface area contributed by atoms with E-state index >= 15 is 0 Å². The summed E-state index contributed by atoms with van der Waals surface area (Å²) in [6.07, 6.45) is 5.36. The molecule has 2 nitrogen and oxygen atoms in total. The lowest BCUT2D eigenvalue weighted by atomic mass is 9.94. The summed E-state index contributed by atoms with van der Waals surface area (Å²) >= 11 is 0. The lowest BCUT2D eigenvalue weighted by Crippen LogP contribution is -2.37. The van der Waals surface area contributed by atoms with E-state index in [1.807, 2.05) is 0 Å². The second-order valence-corrected chi connectivity index (χ2v) is 6.20. The highest BCUT2D eigenvalue weighted by molar-refractivity contribution is 5.28. The second kappa shape index (κ2) is 7.80. The fraction of sp³-hybridized carbons (Fsp3) is 0.667. The topological polar surface area (TPSA) is 15.3 Å². The van der Waals surface area contributed by atoms with Crippen molar-refractivity contribution < 1.29 is 0 Å². The van der Waals surface area contributed by atoms with Crippen LogP contribution in [0.15, 0.2) is 24.3 Å². The third kappa shape index (κ3) is 4.07. The van der Waals surface area contributed by atoms with Gasteiger partial charge in [-0.2, -0.15) is 0 Å².